The molecule has 0 atom stereocenters. The van der Waals surface area contributed by atoms with E-state index in [1.54, 1.807) is 11.3 Å². The Hall–Kier alpha value is -0.990. The van der Waals surface area contributed by atoms with Crippen molar-refractivity contribution in [2.24, 2.45) is 0 Å². The predicted octanol–water partition coefficient (Wildman–Crippen LogP) is 4.53. The summed E-state index contributed by atoms with van der Waals surface area (Å²) in [5, 5.41) is 2.14. The van der Waals surface area contributed by atoms with E-state index in [0.717, 1.165) is 12.2 Å². The average Bonchev–Trinajstić information content (AvgIpc) is 2.79. The second kappa shape index (κ2) is 5.37. The lowest BCUT2D eigenvalue weighted by Gasteiger charge is -2.05. The number of benzene rings is 1. The first-order valence-electron chi connectivity index (χ1n) is 5.25. The molecule has 1 aromatic carbocycles. The Morgan fingerprint density at radius 3 is 2.81 bits per heavy atom. The van der Waals surface area contributed by atoms with Crippen LogP contribution in [0.4, 0.5) is 0 Å². The molecule has 0 bridgehead atoms. The van der Waals surface area contributed by atoms with Gasteiger partial charge in [0.05, 0.1) is 0 Å². The summed E-state index contributed by atoms with van der Waals surface area (Å²) in [5.74, 6) is 0.886. The Kier molecular flexibility index (Phi) is 3.86. The van der Waals surface area contributed by atoms with Gasteiger partial charge in [0.1, 0.15) is 0 Å². The second-order valence-electron chi connectivity index (χ2n) is 3.58. The van der Waals surface area contributed by atoms with Gasteiger partial charge >= 0.3 is 0 Å². The average molecular weight is 246 g/mol. The molecule has 2 rings (SSSR count). The Bertz CT molecular complexity index is 483. The highest BCUT2D eigenvalue weighted by molar-refractivity contribution is 7.80. The minimum atomic E-state index is 0.886. The topological polar surface area (TPSA) is 0 Å². The molecule has 0 unspecified atom stereocenters. The predicted molar refractivity (Wildman–Crippen MR) is 77.4 cm³/mol. The van der Waals surface area contributed by atoms with Gasteiger partial charge in [-0.05, 0) is 40.3 Å². The molecule has 2 aromatic rings. The van der Waals surface area contributed by atoms with Gasteiger partial charge in [-0.3, -0.25) is 0 Å². The molecule has 0 saturated heterocycles. The molecule has 0 N–H and O–H groups in total. The van der Waals surface area contributed by atoms with Crippen LogP contribution in [-0.4, -0.2) is 5.75 Å². The van der Waals surface area contributed by atoms with Crippen LogP contribution in [0.1, 0.15) is 11.1 Å². The molecule has 0 fully saturated rings. The van der Waals surface area contributed by atoms with E-state index in [4.69, 9.17) is 0 Å². The maximum atomic E-state index is 4.30. The Labute approximate surface area is 106 Å². The quantitative estimate of drug-likeness (QED) is 0.753. The van der Waals surface area contributed by atoms with Gasteiger partial charge in [0.2, 0.25) is 0 Å². The number of hydrogen-bond acceptors (Lipinski definition) is 2. The Morgan fingerprint density at radius 2 is 2.12 bits per heavy atom. The molecule has 0 nitrogen and oxygen atoms in total. The zero-order valence-corrected chi connectivity index (χ0v) is 10.7. The van der Waals surface area contributed by atoms with Crippen molar-refractivity contribution in [2.75, 3.05) is 5.75 Å². The molecule has 0 radical (unpaired) electrons. The first-order valence-corrected chi connectivity index (χ1v) is 6.76. The van der Waals surface area contributed by atoms with Gasteiger partial charge in [-0.1, -0.05) is 36.9 Å². The largest absolute Gasteiger partial charge is 0.179 e. The molecule has 82 valence electrons. The standard InChI is InChI=1S/C14H14S2/c1-2-11-9-14(16-10-11)13-6-4-3-5-12(13)7-8-15/h2-6,9-10,15H,1,7-8H2. The SMILES string of the molecule is C=Cc1csc(-c2ccccc2CCS)c1. The van der Waals surface area contributed by atoms with E-state index in [2.05, 4.69) is 54.9 Å². The summed E-state index contributed by atoms with van der Waals surface area (Å²) in [4.78, 5) is 1.31. The molecule has 0 aliphatic heterocycles. The van der Waals surface area contributed by atoms with Crippen LogP contribution in [0.15, 0.2) is 42.3 Å². The van der Waals surface area contributed by atoms with Crippen molar-refractivity contribution in [3.05, 3.63) is 53.4 Å². The summed E-state index contributed by atoms with van der Waals surface area (Å²) in [6.07, 6.45) is 2.90. The number of thiophene rings is 1. The smallest absolute Gasteiger partial charge is 0.0351 e. The maximum Gasteiger partial charge on any atom is 0.0351 e. The van der Waals surface area contributed by atoms with Crippen LogP contribution in [0.2, 0.25) is 0 Å². The third kappa shape index (κ3) is 2.39. The third-order valence-electron chi connectivity index (χ3n) is 2.52. The number of aryl methyl sites for hydroxylation is 1. The van der Waals surface area contributed by atoms with E-state index in [1.807, 2.05) is 6.08 Å². The fraction of sp³-hybridized carbons (Fsp3) is 0.143. The molecular weight excluding hydrogens is 232 g/mol. The third-order valence-corrected chi connectivity index (χ3v) is 3.72. The number of rotatable bonds is 4. The Balaban J connectivity index is 2.42. The molecule has 2 heteroatoms. The second-order valence-corrected chi connectivity index (χ2v) is 4.94. The van der Waals surface area contributed by atoms with E-state index < -0.39 is 0 Å². The molecule has 1 heterocycles. The molecule has 0 spiro atoms. The van der Waals surface area contributed by atoms with Crippen molar-refractivity contribution >= 4 is 30.0 Å². The summed E-state index contributed by atoms with van der Waals surface area (Å²) in [5.41, 5.74) is 3.89. The molecule has 0 aliphatic rings. The van der Waals surface area contributed by atoms with Gasteiger partial charge in [-0.2, -0.15) is 12.6 Å². The van der Waals surface area contributed by atoms with E-state index >= 15 is 0 Å². The van der Waals surface area contributed by atoms with Gasteiger partial charge in [-0.15, -0.1) is 11.3 Å². The summed E-state index contributed by atoms with van der Waals surface area (Å²) < 4.78 is 0. The highest BCUT2D eigenvalue weighted by atomic mass is 32.1. The van der Waals surface area contributed by atoms with Crippen LogP contribution < -0.4 is 0 Å². The van der Waals surface area contributed by atoms with Gasteiger partial charge < -0.3 is 0 Å². The summed E-state index contributed by atoms with van der Waals surface area (Å²) >= 11 is 6.07. The van der Waals surface area contributed by atoms with Gasteiger partial charge in [-0.25, -0.2) is 0 Å². The van der Waals surface area contributed by atoms with Crippen LogP contribution >= 0.6 is 24.0 Å². The van der Waals surface area contributed by atoms with Crippen molar-refractivity contribution in [2.45, 2.75) is 6.42 Å². The molecule has 1 aromatic heterocycles. The van der Waals surface area contributed by atoms with Crippen molar-refractivity contribution in [1.29, 1.82) is 0 Å². The van der Waals surface area contributed by atoms with Crippen molar-refractivity contribution in [3.8, 4) is 10.4 Å². The Morgan fingerprint density at radius 1 is 1.31 bits per heavy atom. The number of thiol groups is 1. The minimum absolute atomic E-state index is 0.886. The van der Waals surface area contributed by atoms with Gasteiger partial charge in [0.25, 0.3) is 0 Å². The monoisotopic (exact) mass is 246 g/mol. The van der Waals surface area contributed by atoms with E-state index in [-0.39, 0.29) is 0 Å². The zero-order valence-electron chi connectivity index (χ0n) is 9.02. The summed E-state index contributed by atoms with van der Waals surface area (Å²) in [6, 6.07) is 10.7. The van der Waals surface area contributed by atoms with Crippen LogP contribution in [0, 0.1) is 0 Å². The highest BCUT2D eigenvalue weighted by Crippen LogP contribution is 2.30. The van der Waals surface area contributed by atoms with E-state index in [1.165, 1.54) is 21.6 Å². The minimum Gasteiger partial charge on any atom is -0.179 e. The zero-order chi connectivity index (χ0) is 11.4. The molecule has 0 aliphatic carbocycles. The molecule has 0 amide bonds. The lowest BCUT2D eigenvalue weighted by atomic mass is 10.0. The van der Waals surface area contributed by atoms with Crippen molar-refractivity contribution in [1.82, 2.24) is 0 Å². The fourth-order valence-electron chi connectivity index (χ4n) is 1.70. The van der Waals surface area contributed by atoms with Crippen molar-refractivity contribution in [3.63, 3.8) is 0 Å². The lowest BCUT2D eigenvalue weighted by molar-refractivity contribution is 1.17. The first-order chi connectivity index (χ1) is 7.85. The van der Waals surface area contributed by atoms with Crippen LogP contribution in [0.25, 0.3) is 16.5 Å². The normalized spacial score (nSPS) is 10.3. The van der Waals surface area contributed by atoms with Gasteiger partial charge in [0.15, 0.2) is 0 Å². The fourth-order valence-corrected chi connectivity index (χ4v) is 2.90. The van der Waals surface area contributed by atoms with Gasteiger partial charge in [0, 0.05) is 4.88 Å². The highest BCUT2D eigenvalue weighted by Gasteiger charge is 2.05. The molecule has 16 heavy (non-hydrogen) atoms. The van der Waals surface area contributed by atoms with E-state index in [0.29, 0.717) is 0 Å². The van der Waals surface area contributed by atoms with Crippen LogP contribution in [0.5, 0.6) is 0 Å². The lowest BCUT2D eigenvalue weighted by Crippen LogP contribution is -1.89. The summed E-state index contributed by atoms with van der Waals surface area (Å²) in [7, 11) is 0. The summed E-state index contributed by atoms with van der Waals surface area (Å²) in [6.45, 7) is 3.79. The molecular formula is C14H14S2. The first kappa shape index (κ1) is 11.5. The van der Waals surface area contributed by atoms with Crippen LogP contribution in [0.3, 0.4) is 0 Å². The van der Waals surface area contributed by atoms with E-state index in [9.17, 15) is 0 Å². The molecule has 0 saturated carbocycles. The van der Waals surface area contributed by atoms with Crippen molar-refractivity contribution < 1.29 is 0 Å². The number of hydrogen-bond donors (Lipinski definition) is 1. The maximum absolute atomic E-state index is 4.30. The van der Waals surface area contributed by atoms with Crippen LogP contribution in [-0.2, 0) is 6.42 Å².